The highest BCUT2D eigenvalue weighted by molar-refractivity contribution is 6.01. The van der Waals surface area contributed by atoms with Gasteiger partial charge in [0.2, 0.25) is 0 Å². The number of anilines is 3. The van der Waals surface area contributed by atoms with Gasteiger partial charge in [-0.15, -0.1) is 0 Å². The normalized spacial score (nSPS) is 16.6. The van der Waals surface area contributed by atoms with Gasteiger partial charge in [0.15, 0.2) is 0 Å². The van der Waals surface area contributed by atoms with Gasteiger partial charge in [0.25, 0.3) is 0 Å². The third kappa shape index (κ3) is 13.3. The number of benzene rings is 1. The first-order valence-electron chi connectivity index (χ1n) is 24.5. The molecule has 7 heterocycles. The molecule has 2 atom stereocenters. The van der Waals surface area contributed by atoms with Gasteiger partial charge in [0.1, 0.15) is 29.3 Å². The number of aryl methyl sites for hydroxylation is 3. The summed E-state index contributed by atoms with van der Waals surface area (Å²) >= 11 is 0. The molecule has 0 spiro atoms. The summed E-state index contributed by atoms with van der Waals surface area (Å²) in [5, 5.41) is 12.3. The van der Waals surface area contributed by atoms with Crippen LogP contribution in [-0.2, 0) is 56.0 Å². The van der Waals surface area contributed by atoms with Gasteiger partial charge in [-0.2, -0.15) is 5.26 Å². The first-order chi connectivity index (χ1) is 34.5. The molecule has 0 radical (unpaired) electrons. The van der Waals surface area contributed by atoms with Gasteiger partial charge in [0, 0.05) is 60.3 Å². The van der Waals surface area contributed by atoms with E-state index in [-0.39, 0.29) is 30.4 Å². The van der Waals surface area contributed by atoms with E-state index in [9.17, 15) is 24.4 Å². The maximum Gasteiger partial charge on any atom is 0.420 e. The number of nitrogens with zero attached hydrogens (tertiary/aromatic N) is 8. The van der Waals surface area contributed by atoms with E-state index in [0.717, 1.165) is 85.6 Å². The highest BCUT2D eigenvalue weighted by Crippen LogP contribution is 2.34. The summed E-state index contributed by atoms with van der Waals surface area (Å²) < 4.78 is 32.5. The lowest BCUT2D eigenvalue weighted by atomic mass is 10.00. The van der Waals surface area contributed by atoms with Gasteiger partial charge in [-0.3, -0.25) is 15.1 Å². The number of nitrogens with one attached hydrogen (secondary N) is 1. The van der Waals surface area contributed by atoms with Crippen molar-refractivity contribution >= 4 is 41.8 Å². The Labute approximate surface area is 415 Å². The number of para-hydroxylation sites is 1. The molecule has 71 heavy (non-hydrogen) atoms. The molecule has 4 aliphatic rings. The average Bonchev–Trinajstić information content (AvgIpc) is 3.73. The second-order valence-corrected chi connectivity index (χ2v) is 17.8. The average molecular weight is 976 g/mol. The minimum atomic E-state index is -0.454. The van der Waals surface area contributed by atoms with Crippen LogP contribution < -0.4 is 19.9 Å². The predicted molar refractivity (Wildman–Crippen MR) is 263 cm³/mol. The Bertz CT molecular complexity index is 2540. The Hall–Kier alpha value is -6.88. The zero-order chi connectivity index (χ0) is 50.3. The maximum absolute atomic E-state index is 13.4. The summed E-state index contributed by atoms with van der Waals surface area (Å²) in [6, 6.07) is 16.7. The van der Waals surface area contributed by atoms with Crippen LogP contribution in [0.4, 0.5) is 36.6 Å². The molecule has 0 bridgehead atoms. The van der Waals surface area contributed by atoms with E-state index in [1.165, 1.54) is 6.20 Å². The monoisotopic (exact) mass is 975 g/mol. The number of urea groups is 1. The lowest BCUT2D eigenvalue weighted by Crippen LogP contribution is -2.40. The van der Waals surface area contributed by atoms with Gasteiger partial charge in [-0.1, -0.05) is 18.2 Å². The van der Waals surface area contributed by atoms with Crippen LogP contribution in [-0.4, -0.2) is 116 Å². The van der Waals surface area contributed by atoms with Gasteiger partial charge in [-0.05, 0) is 136 Å². The molecule has 378 valence electrons. The van der Waals surface area contributed by atoms with Gasteiger partial charge in [0.05, 0.1) is 55.5 Å². The fourth-order valence-electron chi connectivity index (χ4n) is 8.96. The lowest BCUT2D eigenvalue weighted by Gasteiger charge is -2.31. The number of carbonyl (C=O) groups is 4. The van der Waals surface area contributed by atoms with Crippen molar-refractivity contribution in [2.24, 2.45) is 0 Å². The zero-order valence-corrected chi connectivity index (χ0v) is 41.4. The number of methoxy groups -OCH3 is 3. The Morgan fingerprint density at radius 1 is 0.746 bits per heavy atom. The number of amides is 5. The molecule has 4 aromatic rings. The number of ether oxygens (including phenoxy) is 6. The highest BCUT2D eigenvalue weighted by Gasteiger charge is 2.32. The van der Waals surface area contributed by atoms with Crippen LogP contribution in [0.5, 0.6) is 5.75 Å². The Morgan fingerprint density at radius 2 is 1.31 bits per heavy atom. The summed E-state index contributed by atoms with van der Waals surface area (Å²) in [7, 11) is 4.87. The topological polar surface area (TPSA) is 211 Å². The van der Waals surface area contributed by atoms with Gasteiger partial charge in [-0.25, -0.2) is 34.1 Å². The van der Waals surface area contributed by atoms with Crippen molar-refractivity contribution < 1.29 is 47.6 Å². The van der Waals surface area contributed by atoms with Gasteiger partial charge >= 0.3 is 24.3 Å². The van der Waals surface area contributed by atoms with E-state index < -0.39 is 6.09 Å². The minimum absolute atomic E-state index is 0.299. The Morgan fingerprint density at radius 3 is 1.86 bits per heavy atom. The lowest BCUT2D eigenvalue weighted by molar-refractivity contribution is 0.107. The Balaban J connectivity index is 0.000000213. The number of nitriles is 1. The zero-order valence-electron chi connectivity index (χ0n) is 41.4. The van der Waals surface area contributed by atoms with Crippen molar-refractivity contribution in [2.75, 3.05) is 82.4 Å². The number of hydrogen-bond donors (Lipinski definition) is 1. The summed E-state index contributed by atoms with van der Waals surface area (Å²) in [5.41, 5.74) is 6.39. The summed E-state index contributed by atoms with van der Waals surface area (Å²) in [6.45, 7) is 8.35. The molecule has 5 amide bonds. The smallest absolute Gasteiger partial charge is 0.420 e. The number of aromatic nitrogens is 3. The standard InChI is InChI=1S/C28H36N6O5.C24H29N3O5/c1-19(38-3)25-22(18-33-10-4-5-13-39-28(33)36)14-21-8-6-11-34(26(21)32-25)27(35)31-24-15-20(9-7-12-37-2)23(16-29)17-30-24;1-17(30-2)21-19(16-26-12-6-7-14-31-23(26)28)15-18-9-8-13-27(22(18)25-21)24(29)32-20-10-4-3-5-11-20/h14-15,17,19H,4-13,18H2,1-3H3,(H,30,31,35);3-5,10-11,15,17H,6-9,12-14,16H2,1-2H3. The molecule has 19 heteroatoms. The third-order valence-electron chi connectivity index (χ3n) is 12.9. The number of hydrogen-bond acceptors (Lipinski definition) is 14. The van der Waals surface area contributed by atoms with Crippen LogP contribution >= 0.6 is 0 Å². The number of fused-ring (bicyclic) bond motifs is 2. The fourth-order valence-corrected chi connectivity index (χ4v) is 8.96. The van der Waals surface area contributed by atoms with Crippen molar-refractivity contribution in [1.82, 2.24) is 24.8 Å². The van der Waals surface area contributed by atoms with Crippen molar-refractivity contribution in [1.29, 1.82) is 5.26 Å². The van der Waals surface area contributed by atoms with E-state index >= 15 is 0 Å². The molecule has 3 aromatic heterocycles. The molecule has 0 aliphatic carbocycles. The number of rotatable bonds is 14. The number of cyclic esters (lactones) is 2. The quantitative estimate of drug-likeness (QED) is 0.117. The first-order valence-corrected chi connectivity index (χ1v) is 24.5. The van der Waals surface area contributed by atoms with E-state index in [1.807, 2.05) is 44.2 Å². The highest BCUT2D eigenvalue weighted by atomic mass is 16.6. The number of carbonyl (C=O) groups excluding carboxylic acids is 4. The molecule has 4 aliphatic heterocycles. The van der Waals surface area contributed by atoms with E-state index in [0.29, 0.717) is 106 Å². The van der Waals surface area contributed by atoms with Crippen LogP contribution in [0, 0.1) is 11.3 Å². The van der Waals surface area contributed by atoms with Crippen molar-refractivity contribution in [2.45, 2.75) is 103 Å². The molecular weight excluding hydrogens is 911 g/mol. The SMILES string of the molecule is COC(C)c1nc2c(cc1CN1CCCCOC1=O)CCCN2C(=O)Oc1ccccc1.COCCCc1cc(NC(=O)N2CCCc3cc(CN4CCCCOC4=O)c(C(C)OC)nc32)ncc1C#N. The van der Waals surface area contributed by atoms with Crippen LogP contribution in [0.3, 0.4) is 0 Å². The van der Waals surface area contributed by atoms with E-state index in [2.05, 4.69) is 16.4 Å². The molecule has 0 saturated carbocycles. The van der Waals surface area contributed by atoms with E-state index in [1.54, 1.807) is 59.1 Å². The maximum atomic E-state index is 13.4. The second kappa shape index (κ2) is 25.3. The largest absolute Gasteiger partial charge is 0.449 e. The van der Waals surface area contributed by atoms with Crippen molar-refractivity contribution in [3.05, 3.63) is 99.5 Å². The minimum Gasteiger partial charge on any atom is -0.449 e. The van der Waals surface area contributed by atoms with Gasteiger partial charge < -0.3 is 38.2 Å². The van der Waals surface area contributed by atoms with Crippen LogP contribution in [0.15, 0.2) is 54.7 Å². The second-order valence-electron chi connectivity index (χ2n) is 17.8. The van der Waals surface area contributed by atoms with E-state index in [4.69, 9.17) is 38.4 Å². The van der Waals surface area contributed by atoms with Crippen LogP contribution in [0.1, 0.15) is 116 Å². The summed E-state index contributed by atoms with van der Waals surface area (Å²) in [5.74, 6) is 2.04. The predicted octanol–water partition coefficient (Wildman–Crippen LogP) is 8.82. The van der Waals surface area contributed by atoms with Crippen LogP contribution in [0.25, 0.3) is 0 Å². The molecular formula is C52H65N9O10. The molecule has 2 fully saturated rings. The molecule has 19 nitrogen and oxygen atoms in total. The van der Waals surface area contributed by atoms with Crippen molar-refractivity contribution in [3.63, 3.8) is 0 Å². The molecule has 2 saturated heterocycles. The molecule has 2 unspecified atom stereocenters. The van der Waals surface area contributed by atoms with Crippen molar-refractivity contribution in [3.8, 4) is 11.8 Å². The Kier molecular flexibility index (Phi) is 18.5. The molecule has 8 rings (SSSR count). The first kappa shape index (κ1) is 52.0. The van der Waals surface area contributed by atoms with Crippen LogP contribution in [0.2, 0.25) is 0 Å². The third-order valence-corrected chi connectivity index (χ3v) is 12.9. The molecule has 1 N–H and O–H groups in total. The number of pyridine rings is 3. The summed E-state index contributed by atoms with van der Waals surface area (Å²) in [6.07, 6.45) is 7.81. The molecule has 1 aromatic carbocycles. The summed E-state index contributed by atoms with van der Waals surface area (Å²) in [4.78, 5) is 71.9. The fraction of sp³-hybridized carbons (Fsp3) is 0.500.